The second-order valence-corrected chi connectivity index (χ2v) is 4.32. The molecule has 0 bridgehead atoms. The first-order valence-electron chi connectivity index (χ1n) is 5.55. The minimum absolute atomic E-state index is 0.00655. The molecule has 1 amide bonds. The lowest BCUT2D eigenvalue weighted by Crippen LogP contribution is -2.51. The highest BCUT2D eigenvalue weighted by atomic mass is 35.5. The summed E-state index contributed by atoms with van der Waals surface area (Å²) in [4.78, 5) is 13.9. The predicted molar refractivity (Wildman–Crippen MR) is 67.5 cm³/mol. The van der Waals surface area contributed by atoms with E-state index in [1.165, 1.54) is 0 Å². The van der Waals surface area contributed by atoms with Crippen LogP contribution in [0, 0.1) is 0 Å². The van der Waals surface area contributed by atoms with Gasteiger partial charge in [-0.2, -0.15) is 0 Å². The Labute approximate surface area is 106 Å². The lowest BCUT2D eigenvalue weighted by atomic mass is 10.2. The Hall–Kier alpha value is -1.10. The minimum atomic E-state index is -0.399. The topological polar surface area (TPSA) is 41.6 Å². The largest absolute Gasteiger partial charge is 0.365 e. The van der Waals surface area contributed by atoms with Gasteiger partial charge in [0, 0.05) is 23.8 Å². The molecular formula is C12H15ClN2O2. The molecule has 0 spiro atoms. The van der Waals surface area contributed by atoms with Crippen LogP contribution in [-0.4, -0.2) is 38.8 Å². The molecule has 1 atom stereocenters. The van der Waals surface area contributed by atoms with Crippen molar-refractivity contribution in [2.75, 3.05) is 31.6 Å². The van der Waals surface area contributed by atoms with Crippen LogP contribution >= 0.6 is 11.6 Å². The maximum atomic E-state index is 12.1. The number of rotatable bonds is 3. The summed E-state index contributed by atoms with van der Waals surface area (Å²) in [6.07, 6.45) is -0.399. The number of hydrogen-bond donors (Lipinski definition) is 1. The van der Waals surface area contributed by atoms with Gasteiger partial charge < -0.3 is 15.0 Å². The second-order valence-electron chi connectivity index (χ2n) is 3.88. The van der Waals surface area contributed by atoms with Crippen LogP contribution in [0.4, 0.5) is 5.69 Å². The van der Waals surface area contributed by atoms with Crippen molar-refractivity contribution in [3.63, 3.8) is 0 Å². The molecule has 2 rings (SSSR count). The van der Waals surface area contributed by atoms with Crippen molar-refractivity contribution in [3.05, 3.63) is 29.3 Å². The first-order chi connectivity index (χ1) is 8.22. The Morgan fingerprint density at radius 1 is 1.47 bits per heavy atom. The Balaban J connectivity index is 2.14. The summed E-state index contributed by atoms with van der Waals surface area (Å²) in [7, 11) is 1.80. The number of carbonyl (C=O) groups is 1. The Morgan fingerprint density at radius 3 is 2.82 bits per heavy atom. The molecule has 4 nitrogen and oxygen atoms in total. The van der Waals surface area contributed by atoms with Crippen molar-refractivity contribution in [1.29, 1.82) is 0 Å². The molecular weight excluding hydrogens is 240 g/mol. The van der Waals surface area contributed by atoms with Gasteiger partial charge >= 0.3 is 0 Å². The van der Waals surface area contributed by atoms with Crippen LogP contribution in [0.5, 0.6) is 0 Å². The molecule has 92 valence electrons. The minimum Gasteiger partial charge on any atom is -0.365 e. The summed E-state index contributed by atoms with van der Waals surface area (Å²) >= 11 is 5.83. The number of halogens is 1. The highest BCUT2D eigenvalue weighted by Gasteiger charge is 2.29. The molecule has 0 radical (unpaired) electrons. The first kappa shape index (κ1) is 12.4. The van der Waals surface area contributed by atoms with Crippen LogP contribution in [-0.2, 0) is 9.53 Å². The van der Waals surface area contributed by atoms with E-state index in [2.05, 4.69) is 5.32 Å². The molecule has 0 aromatic heterocycles. The maximum Gasteiger partial charge on any atom is 0.257 e. The molecule has 1 saturated heterocycles. The highest BCUT2D eigenvalue weighted by molar-refractivity contribution is 6.30. The van der Waals surface area contributed by atoms with Crippen LogP contribution < -0.4 is 10.2 Å². The molecule has 17 heavy (non-hydrogen) atoms. The van der Waals surface area contributed by atoms with Gasteiger partial charge in [-0.1, -0.05) is 11.6 Å². The predicted octanol–water partition coefficient (Wildman–Crippen LogP) is 1.29. The zero-order valence-electron chi connectivity index (χ0n) is 9.65. The van der Waals surface area contributed by atoms with Crippen LogP contribution in [0.1, 0.15) is 0 Å². The molecule has 1 aromatic rings. The van der Waals surface area contributed by atoms with Gasteiger partial charge in [-0.15, -0.1) is 0 Å². The Morgan fingerprint density at radius 2 is 2.18 bits per heavy atom. The van der Waals surface area contributed by atoms with Crippen molar-refractivity contribution in [2.45, 2.75) is 6.10 Å². The summed E-state index contributed by atoms with van der Waals surface area (Å²) in [6, 6.07) is 7.27. The van der Waals surface area contributed by atoms with E-state index >= 15 is 0 Å². The third-order valence-electron chi connectivity index (χ3n) is 2.70. The molecule has 1 unspecified atom stereocenters. The van der Waals surface area contributed by atoms with E-state index in [0.717, 1.165) is 5.69 Å². The fourth-order valence-corrected chi connectivity index (χ4v) is 1.98. The standard InChI is InChI=1S/C12H15ClN2O2/c1-14-8-11-12(16)15(6-7-17-11)10-4-2-9(13)3-5-10/h2-5,11,14H,6-8H2,1H3. The lowest BCUT2D eigenvalue weighted by Gasteiger charge is -2.32. The first-order valence-corrected chi connectivity index (χ1v) is 5.93. The molecule has 1 N–H and O–H groups in total. The third-order valence-corrected chi connectivity index (χ3v) is 2.96. The van der Waals surface area contributed by atoms with Crippen LogP contribution in [0.15, 0.2) is 24.3 Å². The van der Waals surface area contributed by atoms with E-state index in [0.29, 0.717) is 24.7 Å². The summed E-state index contributed by atoms with van der Waals surface area (Å²) in [5, 5.41) is 3.62. The quantitative estimate of drug-likeness (QED) is 0.884. The van der Waals surface area contributed by atoms with Gasteiger partial charge in [0.05, 0.1) is 6.61 Å². The normalized spacial score (nSPS) is 20.7. The van der Waals surface area contributed by atoms with Crippen molar-refractivity contribution >= 4 is 23.2 Å². The zero-order valence-corrected chi connectivity index (χ0v) is 10.4. The van der Waals surface area contributed by atoms with Crippen molar-refractivity contribution in [3.8, 4) is 0 Å². The van der Waals surface area contributed by atoms with E-state index in [-0.39, 0.29) is 5.91 Å². The van der Waals surface area contributed by atoms with Crippen LogP contribution in [0.2, 0.25) is 5.02 Å². The van der Waals surface area contributed by atoms with Gasteiger partial charge in [0.25, 0.3) is 5.91 Å². The summed E-state index contributed by atoms with van der Waals surface area (Å²) in [5.74, 6) is -0.00655. The number of carbonyl (C=O) groups excluding carboxylic acids is 1. The highest BCUT2D eigenvalue weighted by Crippen LogP contribution is 2.21. The number of anilines is 1. The molecule has 0 saturated carbocycles. The maximum absolute atomic E-state index is 12.1. The van der Waals surface area contributed by atoms with Gasteiger partial charge in [0.1, 0.15) is 6.10 Å². The smallest absolute Gasteiger partial charge is 0.257 e. The van der Waals surface area contributed by atoms with Crippen molar-refractivity contribution in [2.24, 2.45) is 0 Å². The van der Waals surface area contributed by atoms with Crippen molar-refractivity contribution < 1.29 is 9.53 Å². The van der Waals surface area contributed by atoms with Gasteiger partial charge in [-0.3, -0.25) is 4.79 Å². The van der Waals surface area contributed by atoms with Gasteiger partial charge in [0.15, 0.2) is 0 Å². The number of nitrogens with one attached hydrogen (secondary N) is 1. The van der Waals surface area contributed by atoms with Crippen LogP contribution in [0.25, 0.3) is 0 Å². The number of nitrogens with zero attached hydrogens (tertiary/aromatic N) is 1. The average molecular weight is 255 g/mol. The number of amides is 1. The molecule has 0 aliphatic carbocycles. The number of morpholine rings is 1. The number of hydrogen-bond acceptors (Lipinski definition) is 3. The summed E-state index contributed by atoms with van der Waals surface area (Å²) < 4.78 is 5.43. The fourth-order valence-electron chi connectivity index (χ4n) is 1.85. The fraction of sp³-hybridized carbons (Fsp3) is 0.417. The molecule has 1 aliphatic heterocycles. The van der Waals surface area contributed by atoms with Crippen LogP contribution in [0.3, 0.4) is 0 Å². The zero-order chi connectivity index (χ0) is 12.3. The monoisotopic (exact) mass is 254 g/mol. The van der Waals surface area contributed by atoms with Gasteiger partial charge in [0.2, 0.25) is 0 Å². The summed E-state index contributed by atoms with van der Waals surface area (Å²) in [5.41, 5.74) is 0.865. The number of benzene rings is 1. The van der Waals surface area contributed by atoms with Crippen molar-refractivity contribution in [1.82, 2.24) is 5.32 Å². The van der Waals surface area contributed by atoms with E-state index in [1.807, 2.05) is 12.1 Å². The summed E-state index contributed by atoms with van der Waals surface area (Å²) in [6.45, 7) is 1.67. The van der Waals surface area contributed by atoms with E-state index in [4.69, 9.17) is 16.3 Å². The molecule has 1 heterocycles. The molecule has 1 aromatic carbocycles. The lowest BCUT2D eigenvalue weighted by molar-refractivity contribution is -0.133. The van der Waals surface area contributed by atoms with E-state index in [1.54, 1.807) is 24.1 Å². The molecule has 1 aliphatic rings. The second kappa shape index (κ2) is 5.49. The number of likely N-dealkylation sites (N-methyl/N-ethyl adjacent to an activating group) is 1. The third kappa shape index (κ3) is 2.77. The Bertz CT molecular complexity index is 392. The van der Waals surface area contributed by atoms with E-state index < -0.39 is 6.10 Å². The van der Waals surface area contributed by atoms with Gasteiger partial charge in [-0.25, -0.2) is 0 Å². The average Bonchev–Trinajstić information content (AvgIpc) is 2.34. The van der Waals surface area contributed by atoms with E-state index in [9.17, 15) is 4.79 Å². The number of ether oxygens (including phenoxy) is 1. The Kier molecular flexibility index (Phi) is 3.99. The SMILES string of the molecule is CNCC1OCCN(c2ccc(Cl)cc2)C1=O. The molecule has 1 fully saturated rings. The molecule has 5 heteroatoms. The van der Waals surface area contributed by atoms with Gasteiger partial charge in [-0.05, 0) is 31.3 Å².